The van der Waals surface area contributed by atoms with Gasteiger partial charge in [0.25, 0.3) is 5.91 Å². The maximum absolute atomic E-state index is 12.5. The van der Waals surface area contributed by atoms with E-state index >= 15 is 0 Å². The van der Waals surface area contributed by atoms with Crippen molar-refractivity contribution in [3.8, 4) is 0 Å². The van der Waals surface area contributed by atoms with Crippen LogP contribution in [0.15, 0.2) is 24.4 Å². The molecule has 0 aliphatic carbocycles. The van der Waals surface area contributed by atoms with Gasteiger partial charge >= 0.3 is 5.97 Å². The molecule has 1 aliphatic rings. The van der Waals surface area contributed by atoms with E-state index in [0.29, 0.717) is 15.8 Å². The minimum absolute atomic E-state index is 0.00318. The molecule has 3 rings (SSSR count). The first-order valence-electron chi connectivity index (χ1n) is 7.32. The second-order valence-corrected chi connectivity index (χ2v) is 7.24. The SMILES string of the molecule is O=C(O)Cn1ccc(C2CCCN(C(=O)c3ccc(Cl)s3)C2)n1. The molecular weight excluding hydrogens is 338 g/mol. The first-order valence-corrected chi connectivity index (χ1v) is 8.52. The lowest BCUT2D eigenvalue weighted by Crippen LogP contribution is -2.38. The second kappa shape index (κ2) is 6.72. The van der Waals surface area contributed by atoms with E-state index in [1.807, 2.05) is 11.0 Å². The van der Waals surface area contributed by atoms with E-state index in [9.17, 15) is 9.59 Å². The summed E-state index contributed by atoms with van der Waals surface area (Å²) in [6.45, 7) is 1.17. The topological polar surface area (TPSA) is 75.4 Å². The highest BCUT2D eigenvalue weighted by Crippen LogP contribution is 2.29. The van der Waals surface area contributed by atoms with Crippen LogP contribution in [-0.2, 0) is 11.3 Å². The van der Waals surface area contributed by atoms with E-state index < -0.39 is 5.97 Å². The van der Waals surface area contributed by atoms with Gasteiger partial charge in [0, 0.05) is 25.2 Å². The fourth-order valence-electron chi connectivity index (χ4n) is 2.81. The normalized spacial score (nSPS) is 18.1. The van der Waals surface area contributed by atoms with E-state index in [0.717, 1.165) is 25.1 Å². The molecule has 2 aromatic heterocycles. The fourth-order valence-corrected chi connectivity index (χ4v) is 3.82. The summed E-state index contributed by atoms with van der Waals surface area (Å²) in [6, 6.07) is 5.32. The van der Waals surface area contributed by atoms with E-state index in [-0.39, 0.29) is 18.4 Å². The van der Waals surface area contributed by atoms with Crippen molar-refractivity contribution in [2.45, 2.75) is 25.3 Å². The zero-order valence-corrected chi connectivity index (χ0v) is 13.9. The molecule has 0 aromatic carbocycles. The fraction of sp³-hybridized carbons (Fsp3) is 0.400. The summed E-state index contributed by atoms with van der Waals surface area (Å²) in [5.41, 5.74) is 0.841. The van der Waals surface area contributed by atoms with Crippen LogP contribution >= 0.6 is 22.9 Å². The Kier molecular flexibility index (Phi) is 4.68. The van der Waals surface area contributed by atoms with Crippen molar-refractivity contribution in [3.05, 3.63) is 39.3 Å². The number of carbonyl (C=O) groups excluding carboxylic acids is 1. The van der Waals surface area contributed by atoms with Crippen LogP contribution in [0, 0.1) is 0 Å². The van der Waals surface area contributed by atoms with E-state index in [4.69, 9.17) is 16.7 Å². The number of halogens is 1. The van der Waals surface area contributed by atoms with Crippen molar-refractivity contribution in [1.82, 2.24) is 14.7 Å². The monoisotopic (exact) mass is 353 g/mol. The van der Waals surface area contributed by atoms with Gasteiger partial charge in [-0.1, -0.05) is 11.6 Å². The van der Waals surface area contributed by atoms with Gasteiger partial charge in [-0.3, -0.25) is 14.3 Å². The molecule has 0 saturated carbocycles. The van der Waals surface area contributed by atoms with Crippen molar-refractivity contribution >= 4 is 34.8 Å². The average Bonchev–Trinajstić information content (AvgIpc) is 3.15. The van der Waals surface area contributed by atoms with Gasteiger partial charge in [0.05, 0.1) is 14.9 Å². The Morgan fingerprint density at radius 1 is 1.39 bits per heavy atom. The molecule has 0 radical (unpaired) electrons. The molecule has 1 N–H and O–H groups in total. The highest BCUT2D eigenvalue weighted by molar-refractivity contribution is 7.17. The number of hydrogen-bond acceptors (Lipinski definition) is 4. The largest absolute Gasteiger partial charge is 0.480 e. The molecule has 122 valence electrons. The minimum Gasteiger partial charge on any atom is -0.480 e. The number of nitrogens with zero attached hydrogens (tertiary/aromatic N) is 3. The molecule has 1 fully saturated rings. The van der Waals surface area contributed by atoms with E-state index in [2.05, 4.69) is 5.10 Å². The molecule has 3 heterocycles. The molecule has 1 atom stereocenters. The molecule has 1 aliphatic heterocycles. The van der Waals surface area contributed by atoms with Gasteiger partial charge in [0.1, 0.15) is 6.54 Å². The van der Waals surface area contributed by atoms with Crippen molar-refractivity contribution in [1.29, 1.82) is 0 Å². The highest BCUT2D eigenvalue weighted by atomic mass is 35.5. The lowest BCUT2D eigenvalue weighted by atomic mass is 9.95. The molecule has 8 heteroatoms. The quantitative estimate of drug-likeness (QED) is 0.917. The van der Waals surface area contributed by atoms with Crippen LogP contribution in [0.2, 0.25) is 4.34 Å². The van der Waals surface area contributed by atoms with Crippen molar-refractivity contribution in [3.63, 3.8) is 0 Å². The Labute approximate surface area is 142 Å². The molecular formula is C15H16ClN3O3S. The van der Waals surface area contributed by atoms with Crippen LogP contribution in [0.1, 0.15) is 34.1 Å². The first kappa shape index (κ1) is 16.0. The second-order valence-electron chi connectivity index (χ2n) is 5.53. The Morgan fingerprint density at radius 3 is 2.91 bits per heavy atom. The third kappa shape index (κ3) is 3.73. The van der Waals surface area contributed by atoms with Crippen molar-refractivity contribution < 1.29 is 14.7 Å². The number of hydrogen-bond donors (Lipinski definition) is 1. The molecule has 6 nitrogen and oxygen atoms in total. The van der Waals surface area contributed by atoms with Crippen LogP contribution < -0.4 is 0 Å². The smallest absolute Gasteiger partial charge is 0.325 e. The maximum Gasteiger partial charge on any atom is 0.325 e. The molecule has 1 amide bonds. The molecule has 0 bridgehead atoms. The third-order valence-electron chi connectivity index (χ3n) is 3.87. The van der Waals surface area contributed by atoms with Gasteiger partial charge in [-0.2, -0.15) is 5.10 Å². The van der Waals surface area contributed by atoms with Crippen LogP contribution in [0.4, 0.5) is 0 Å². The number of aliphatic carboxylic acids is 1. The number of thiophene rings is 1. The van der Waals surface area contributed by atoms with Crippen LogP contribution in [0.5, 0.6) is 0 Å². The van der Waals surface area contributed by atoms with E-state index in [1.54, 1.807) is 18.3 Å². The Balaban J connectivity index is 1.69. The van der Waals surface area contributed by atoms with Gasteiger partial charge in [-0.05, 0) is 31.0 Å². The van der Waals surface area contributed by atoms with Gasteiger partial charge in [0.15, 0.2) is 0 Å². The van der Waals surface area contributed by atoms with Gasteiger partial charge < -0.3 is 10.0 Å². The van der Waals surface area contributed by atoms with Crippen molar-refractivity contribution in [2.24, 2.45) is 0 Å². The number of carbonyl (C=O) groups is 2. The number of piperidine rings is 1. The predicted octanol–water partition coefficient (Wildman–Crippen LogP) is 2.70. The van der Waals surface area contributed by atoms with Gasteiger partial charge in [-0.15, -0.1) is 11.3 Å². The summed E-state index contributed by atoms with van der Waals surface area (Å²) in [4.78, 5) is 25.7. The summed E-state index contributed by atoms with van der Waals surface area (Å²) < 4.78 is 2.02. The number of carboxylic acid groups (broad SMARTS) is 1. The number of amides is 1. The van der Waals surface area contributed by atoms with Crippen molar-refractivity contribution in [2.75, 3.05) is 13.1 Å². The summed E-state index contributed by atoms with van der Waals surface area (Å²) in [7, 11) is 0. The lowest BCUT2D eigenvalue weighted by molar-refractivity contribution is -0.137. The first-order chi connectivity index (χ1) is 11.0. The average molecular weight is 354 g/mol. The maximum atomic E-state index is 12.5. The summed E-state index contributed by atoms with van der Waals surface area (Å²) in [6.07, 6.45) is 3.52. The summed E-state index contributed by atoms with van der Waals surface area (Å²) in [5, 5.41) is 13.1. The minimum atomic E-state index is -0.922. The lowest BCUT2D eigenvalue weighted by Gasteiger charge is -2.31. The number of aromatic nitrogens is 2. The van der Waals surface area contributed by atoms with Crippen LogP contribution in [-0.4, -0.2) is 44.8 Å². The Morgan fingerprint density at radius 2 is 2.22 bits per heavy atom. The zero-order chi connectivity index (χ0) is 16.4. The molecule has 2 aromatic rings. The number of likely N-dealkylation sites (tertiary alicyclic amines) is 1. The third-order valence-corrected chi connectivity index (χ3v) is 5.09. The molecule has 1 unspecified atom stereocenters. The van der Waals surface area contributed by atoms with Gasteiger partial charge in [-0.25, -0.2) is 0 Å². The van der Waals surface area contributed by atoms with Gasteiger partial charge in [0.2, 0.25) is 0 Å². The van der Waals surface area contributed by atoms with Crippen LogP contribution in [0.3, 0.4) is 0 Å². The summed E-state index contributed by atoms with van der Waals surface area (Å²) in [5.74, 6) is -0.788. The van der Waals surface area contributed by atoms with E-state index in [1.165, 1.54) is 16.0 Å². The molecule has 1 saturated heterocycles. The molecule has 0 spiro atoms. The molecule has 23 heavy (non-hydrogen) atoms. The number of carboxylic acids is 1. The Hall–Kier alpha value is -1.86. The zero-order valence-electron chi connectivity index (χ0n) is 12.3. The Bertz CT molecular complexity index is 727. The predicted molar refractivity (Wildman–Crippen MR) is 87.1 cm³/mol. The number of rotatable bonds is 4. The summed E-state index contributed by atoms with van der Waals surface area (Å²) >= 11 is 7.19. The standard InChI is InChI=1S/C15H16ClN3O3S/c16-13-4-3-12(23-13)15(22)18-6-1-2-10(8-18)11-5-7-19(17-11)9-14(20)21/h3-5,7,10H,1-2,6,8-9H2,(H,20,21). The highest BCUT2D eigenvalue weighted by Gasteiger charge is 2.27. The van der Waals surface area contributed by atoms with Crippen LogP contribution in [0.25, 0.3) is 0 Å².